The topological polar surface area (TPSA) is 62.6 Å². The molecule has 0 radical (unpaired) electrons. The molecule has 0 saturated heterocycles. The van der Waals surface area contributed by atoms with Crippen molar-refractivity contribution >= 4 is 17.6 Å². The molecular weight excluding hydrogens is 284 g/mol. The Kier molecular flexibility index (Phi) is 3.23. The number of hydrogen-bond acceptors (Lipinski definition) is 5. The summed E-state index contributed by atoms with van der Waals surface area (Å²) in [5.74, 6) is 0.644. The first-order valence-corrected chi connectivity index (χ1v) is 6.25. The predicted octanol–water partition coefficient (Wildman–Crippen LogP) is 2.16. The fourth-order valence-corrected chi connectivity index (χ4v) is 2.15. The Balaban J connectivity index is 1.70. The van der Waals surface area contributed by atoms with E-state index in [1.54, 1.807) is 25.4 Å². The van der Waals surface area contributed by atoms with E-state index in [1.165, 1.54) is 10.9 Å². The van der Waals surface area contributed by atoms with Crippen LogP contribution in [-0.2, 0) is 18.4 Å². The van der Waals surface area contributed by atoms with E-state index in [0.29, 0.717) is 22.1 Å². The normalized spacial score (nSPS) is 12.5. The van der Waals surface area contributed by atoms with Crippen LogP contribution in [0.4, 0.5) is 0 Å². The maximum absolute atomic E-state index is 11.8. The van der Waals surface area contributed by atoms with Gasteiger partial charge in [-0.05, 0) is 17.7 Å². The molecule has 7 heteroatoms. The van der Waals surface area contributed by atoms with Crippen molar-refractivity contribution in [3.05, 3.63) is 40.7 Å². The van der Waals surface area contributed by atoms with Gasteiger partial charge in [-0.3, -0.25) is 4.68 Å². The molecule has 6 nitrogen and oxygen atoms in total. The van der Waals surface area contributed by atoms with Crippen molar-refractivity contribution in [2.75, 3.05) is 6.79 Å². The van der Waals surface area contributed by atoms with Crippen molar-refractivity contribution in [1.29, 1.82) is 0 Å². The van der Waals surface area contributed by atoms with Gasteiger partial charge in [0.05, 0.1) is 16.8 Å². The third-order valence-corrected chi connectivity index (χ3v) is 3.08. The van der Waals surface area contributed by atoms with E-state index in [-0.39, 0.29) is 13.4 Å². The lowest BCUT2D eigenvalue weighted by Gasteiger charge is -2.06. The summed E-state index contributed by atoms with van der Waals surface area (Å²) >= 11 is 6.05. The summed E-state index contributed by atoms with van der Waals surface area (Å²) in [6, 6.07) is 3.43. The Hall–Kier alpha value is -2.21. The van der Waals surface area contributed by atoms with E-state index >= 15 is 0 Å². The molecule has 0 fully saturated rings. The van der Waals surface area contributed by atoms with E-state index < -0.39 is 5.97 Å². The Morgan fingerprint density at radius 2 is 2.35 bits per heavy atom. The van der Waals surface area contributed by atoms with Crippen molar-refractivity contribution in [2.45, 2.75) is 6.61 Å². The lowest BCUT2D eigenvalue weighted by molar-refractivity contribution is 0.0472. The second-order valence-corrected chi connectivity index (χ2v) is 4.70. The summed E-state index contributed by atoms with van der Waals surface area (Å²) in [4.78, 5) is 11.8. The number of rotatable bonds is 3. The molecule has 3 rings (SSSR count). The van der Waals surface area contributed by atoms with E-state index in [9.17, 15) is 4.79 Å². The molecule has 0 spiro atoms. The minimum absolute atomic E-state index is 0.101. The maximum atomic E-state index is 11.8. The fourth-order valence-electron chi connectivity index (χ4n) is 1.86. The smallest absolute Gasteiger partial charge is 0.341 e. The fraction of sp³-hybridized carbons (Fsp3) is 0.231. The molecule has 1 aromatic heterocycles. The first-order chi connectivity index (χ1) is 9.63. The molecule has 104 valence electrons. The summed E-state index contributed by atoms with van der Waals surface area (Å²) < 4.78 is 17.2. The van der Waals surface area contributed by atoms with Gasteiger partial charge in [-0.25, -0.2) is 4.79 Å². The van der Waals surface area contributed by atoms with E-state index in [1.807, 2.05) is 0 Å². The van der Waals surface area contributed by atoms with Crippen molar-refractivity contribution < 1.29 is 19.0 Å². The van der Waals surface area contributed by atoms with Crippen molar-refractivity contribution in [3.63, 3.8) is 0 Å². The average Bonchev–Trinajstić information content (AvgIpc) is 3.04. The third-order valence-electron chi connectivity index (χ3n) is 2.80. The number of aryl methyl sites for hydroxylation is 1. The highest BCUT2D eigenvalue weighted by atomic mass is 35.5. The molecule has 0 bridgehead atoms. The number of carbonyl (C=O) groups is 1. The molecule has 1 aliphatic rings. The van der Waals surface area contributed by atoms with Gasteiger partial charge in [0, 0.05) is 13.2 Å². The van der Waals surface area contributed by atoms with Gasteiger partial charge in [-0.15, -0.1) is 0 Å². The highest BCUT2D eigenvalue weighted by Crippen LogP contribution is 2.39. The highest BCUT2D eigenvalue weighted by molar-refractivity contribution is 6.32. The van der Waals surface area contributed by atoms with Crippen LogP contribution in [0, 0.1) is 0 Å². The van der Waals surface area contributed by atoms with Crippen molar-refractivity contribution in [3.8, 4) is 11.5 Å². The largest absolute Gasteiger partial charge is 0.457 e. The molecule has 0 saturated carbocycles. The molecule has 1 aromatic carbocycles. The van der Waals surface area contributed by atoms with Crippen LogP contribution in [0.3, 0.4) is 0 Å². The summed E-state index contributed by atoms with van der Waals surface area (Å²) in [6.07, 6.45) is 3.05. The van der Waals surface area contributed by atoms with Gasteiger partial charge < -0.3 is 14.2 Å². The second-order valence-electron chi connectivity index (χ2n) is 4.29. The van der Waals surface area contributed by atoms with Gasteiger partial charge >= 0.3 is 5.97 Å². The molecule has 1 aliphatic heterocycles. The van der Waals surface area contributed by atoms with Crippen LogP contribution >= 0.6 is 11.6 Å². The lowest BCUT2D eigenvalue weighted by atomic mass is 10.2. The second kappa shape index (κ2) is 5.05. The molecule has 0 amide bonds. The number of hydrogen-bond donors (Lipinski definition) is 0. The lowest BCUT2D eigenvalue weighted by Crippen LogP contribution is -2.04. The number of fused-ring (bicyclic) bond motifs is 1. The molecule has 2 heterocycles. The van der Waals surface area contributed by atoms with Crippen LogP contribution in [0.25, 0.3) is 0 Å². The summed E-state index contributed by atoms with van der Waals surface area (Å²) in [7, 11) is 1.73. The Labute approximate surface area is 119 Å². The molecule has 0 aliphatic carbocycles. The quantitative estimate of drug-likeness (QED) is 0.812. The van der Waals surface area contributed by atoms with Gasteiger partial charge in [-0.1, -0.05) is 11.6 Å². The zero-order valence-electron chi connectivity index (χ0n) is 10.6. The summed E-state index contributed by atoms with van der Waals surface area (Å²) in [5, 5.41) is 4.35. The van der Waals surface area contributed by atoms with E-state index in [4.69, 9.17) is 25.8 Å². The molecule has 0 N–H and O–H groups in total. The molecular formula is C13H11ClN2O4. The van der Waals surface area contributed by atoms with Crippen molar-refractivity contribution in [1.82, 2.24) is 9.78 Å². The van der Waals surface area contributed by atoms with E-state index in [2.05, 4.69) is 5.10 Å². The first-order valence-electron chi connectivity index (χ1n) is 5.87. The Morgan fingerprint density at radius 1 is 1.50 bits per heavy atom. The monoisotopic (exact) mass is 294 g/mol. The van der Waals surface area contributed by atoms with Gasteiger partial charge in [0.1, 0.15) is 6.61 Å². The number of aromatic nitrogens is 2. The standard InChI is InChI=1S/C13H11ClN2O4/c1-16-5-9(4-15-16)13(17)18-6-8-2-10(14)12-11(3-8)19-7-20-12/h2-5H,6-7H2,1H3. The number of carbonyl (C=O) groups excluding carboxylic acids is 1. The molecule has 0 unspecified atom stereocenters. The summed E-state index contributed by atoms with van der Waals surface area (Å²) in [6.45, 7) is 0.248. The van der Waals surface area contributed by atoms with E-state index in [0.717, 1.165) is 5.56 Å². The molecule has 20 heavy (non-hydrogen) atoms. The minimum Gasteiger partial charge on any atom is -0.457 e. The maximum Gasteiger partial charge on any atom is 0.341 e. The molecule has 0 atom stereocenters. The Morgan fingerprint density at radius 3 is 3.10 bits per heavy atom. The van der Waals surface area contributed by atoms with Crippen LogP contribution in [0.15, 0.2) is 24.5 Å². The minimum atomic E-state index is -0.438. The zero-order chi connectivity index (χ0) is 14.1. The van der Waals surface area contributed by atoms with Crippen LogP contribution in [-0.4, -0.2) is 22.5 Å². The average molecular weight is 295 g/mol. The van der Waals surface area contributed by atoms with Gasteiger partial charge in [0.25, 0.3) is 0 Å². The number of esters is 1. The van der Waals surface area contributed by atoms with Crippen molar-refractivity contribution in [2.24, 2.45) is 7.05 Å². The number of benzene rings is 1. The zero-order valence-corrected chi connectivity index (χ0v) is 11.4. The van der Waals surface area contributed by atoms with Gasteiger partial charge in [0.2, 0.25) is 6.79 Å². The van der Waals surface area contributed by atoms with Gasteiger partial charge in [0.15, 0.2) is 11.5 Å². The van der Waals surface area contributed by atoms with Crippen LogP contribution < -0.4 is 9.47 Å². The number of ether oxygens (including phenoxy) is 3. The SMILES string of the molecule is Cn1cc(C(=O)OCc2cc(Cl)c3c(c2)OCO3)cn1. The number of halogens is 1. The highest BCUT2D eigenvalue weighted by Gasteiger charge is 2.19. The number of nitrogens with zero attached hydrogens (tertiary/aromatic N) is 2. The molecule has 2 aromatic rings. The Bertz CT molecular complexity index is 668. The van der Waals surface area contributed by atoms with Crippen LogP contribution in [0.2, 0.25) is 5.02 Å². The third kappa shape index (κ3) is 2.42. The summed E-state index contributed by atoms with van der Waals surface area (Å²) in [5.41, 5.74) is 1.14. The predicted molar refractivity (Wildman–Crippen MR) is 69.9 cm³/mol. The van der Waals surface area contributed by atoms with Crippen LogP contribution in [0.1, 0.15) is 15.9 Å². The first kappa shape index (κ1) is 12.8. The van der Waals surface area contributed by atoms with Gasteiger partial charge in [-0.2, -0.15) is 5.10 Å². The van der Waals surface area contributed by atoms with Crippen LogP contribution in [0.5, 0.6) is 11.5 Å².